The average molecular weight is 271 g/mol. The Hall–Kier alpha value is -0.640. The van der Waals surface area contributed by atoms with Crippen molar-refractivity contribution in [2.45, 2.75) is 19.4 Å². The van der Waals surface area contributed by atoms with Gasteiger partial charge in [-0.25, -0.2) is 4.39 Å². The predicted octanol–water partition coefficient (Wildman–Crippen LogP) is 3.07. The van der Waals surface area contributed by atoms with E-state index in [1.54, 1.807) is 12.1 Å². The summed E-state index contributed by atoms with van der Waals surface area (Å²) in [4.78, 5) is 2.14. The lowest BCUT2D eigenvalue weighted by molar-refractivity contribution is 0.232. The van der Waals surface area contributed by atoms with Crippen molar-refractivity contribution in [1.29, 1.82) is 0 Å². The van der Waals surface area contributed by atoms with Gasteiger partial charge in [-0.05, 0) is 43.5 Å². The molecule has 0 heterocycles. The second-order valence-corrected chi connectivity index (χ2v) is 5.77. The van der Waals surface area contributed by atoms with E-state index in [4.69, 9.17) is 17.3 Å². The minimum atomic E-state index is -0.231. The Morgan fingerprint density at radius 3 is 2.78 bits per heavy atom. The summed E-state index contributed by atoms with van der Waals surface area (Å²) in [5.41, 5.74) is 6.40. The van der Waals surface area contributed by atoms with E-state index >= 15 is 0 Å². The Morgan fingerprint density at radius 1 is 1.56 bits per heavy atom. The third kappa shape index (κ3) is 3.02. The summed E-state index contributed by atoms with van der Waals surface area (Å²) in [6.45, 7) is 3.61. The van der Waals surface area contributed by atoms with E-state index in [0.29, 0.717) is 17.1 Å². The zero-order valence-corrected chi connectivity index (χ0v) is 11.6. The van der Waals surface area contributed by atoms with E-state index in [-0.39, 0.29) is 11.9 Å². The third-order valence-electron chi connectivity index (χ3n) is 3.87. The van der Waals surface area contributed by atoms with Crippen LogP contribution in [0, 0.1) is 17.7 Å². The van der Waals surface area contributed by atoms with Gasteiger partial charge < -0.3 is 5.73 Å². The van der Waals surface area contributed by atoms with Crippen LogP contribution >= 0.6 is 11.6 Å². The Kier molecular flexibility index (Phi) is 4.25. The summed E-state index contributed by atoms with van der Waals surface area (Å²) < 4.78 is 13.9. The first kappa shape index (κ1) is 13.8. The van der Waals surface area contributed by atoms with Crippen LogP contribution in [0.1, 0.15) is 24.9 Å². The highest BCUT2D eigenvalue weighted by Gasteiger charge is 2.34. The van der Waals surface area contributed by atoms with Crippen LogP contribution in [0.5, 0.6) is 0 Å². The van der Waals surface area contributed by atoms with Gasteiger partial charge in [-0.15, -0.1) is 0 Å². The first-order chi connectivity index (χ1) is 8.52. The molecule has 2 nitrogen and oxygen atoms in total. The summed E-state index contributed by atoms with van der Waals surface area (Å²) in [5.74, 6) is 1.28. The predicted molar refractivity (Wildman–Crippen MR) is 73.1 cm³/mol. The summed E-state index contributed by atoms with van der Waals surface area (Å²) in [6, 6.07) is 4.56. The molecule has 0 amide bonds. The quantitative estimate of drug-likeness (QED) is 0.891. The van der Waals surface area contributed by atoms with E-state index < -0.39 is 0 Å². The van der Waals surface area contributed by atoms with Crippen molar-refractivity contribution in [3.8, 4) is 0 Å². The van der Waals surface area contributed by atoms with Gasteiger partial charge >= 0.3 is 0 Å². The largest absolute Gasteiger partial charge is 0.329 e. The van der Waals surface area contributed by atoms with Crippen molar-refractivity contribution < 1.29 is 4.39 Å². The van der Waals surface area contributed by atoms with Crippen LogP contribution in [0.4, 0.5) is 4.39 Å². The fourth-order valence-corrected chi connectivity index (χ4v) is 2.65. The van der Waals surface area contributed by atoms with Gasteiger partial charge in [-0.3, -0.25) is 4.90 Å². The number of likely N-dealkylation sites (N-methyl/N-ethyl adjacent to an activating group) is 1. The molecule has 0 aliphatic heterocycles. The van der Waals surface area contributed by atoms with Crippen molar-refractivity contribution in [3.05, 3.63) is 34.6 Å². The smallest absolute Gasteiger partial charge is 0.128 e. The first-order valence-electron chi connectivity index (χ1n) is 6.38. The van der Waals surface area contributed by atoms with Crippen molar-refractivity contribution in [3.63, 3.8) is 0 Å². The van der Waals surface area contributed by atoms with Crippen molar-refractivity contribution in [2.75, 3.05) is 20.1 Å². The van der Waals surface area contributed by atoms with Crippen molar-refractivity contribution in [1.82, 2.24) is 4.90 Å². The maximum Gasteiger partial charge on any atom is 0.128 e. The molecule has 18 heavy (non-hydrogen) atoms. The molecule has 0 saturated heterocycles. The molecule has 1 aromatic carbocycles. The zero-order chi connectivity index (χ0) is 13.3. The SMILES string of the molecule is CC1CC1CN(C)C(CN)c1cc(Cl)ccc1F. The van der Waals surface area contributed by atoms with E-state index in [2.05, 4.69) is 11.8 Å². The minimum absolute atomic E-state index is 0.100. The first-order valence-corrected chi connectivity index (χ1v) is 6.76. The number of halogens is 2. The van der Waals surface area contributed by atoms with Gasteiger partial charge in [-0.1, -0.05) is 18.5 Å². The highest BCUT2D eigenvalue weighted by molar-refractivity contribution is 6.30. The van der Waals surface area contributed by atoms with Gasteiger partial charge in [-0.2, -0.15) is 0 Å². The highest BCUT2D eigenvalue weighted by Crippen LogP contribution is 2.39. The van der Waals surface area contributed by atoms with E-state index in [1.807, 2.05) is 7.05 Å². The average Bonchev–Trinajstić information content (AvgIpc) is 3.00. The van der Waals surface area contributed by atoms with Gasteiger partial charge in [0.2, 0.25) is 0 Å². The molecular formula is C14H20ClFN2. The molecule has 0 aromatic heterocycles. The topological polar surface area (TPSA) is 29.3 Å². The molecule has 1 fully saturated rings. The number of nitrogens with two attached hydrogens (primary N) is 1. The standard InChI is InChI=1S/C14H20ClFN2/c1-9-5-10(9)8-18(2)14(7-17)12-6-11(15)3-4-13(12)16/h3-4,6,9-10,14H,5,7-8,17H2,1-2H3. The van der Waals surface area contributed by atoms with Gasteiger partial charge in [0.05, 0.1) is 0 Å². The third-order valence-corrected chi connectivity index (χ3v) is 4.11. The summed E-state index contributed by atoms with van der Waals surface area (Å²) in [7, 11) is 2.00. The van der Waals surface area contributed by atoms with Crippen LogP contribution in [0.25, 0.3) is 0 Å². The van der Waals surface area contributed by atoms with Crippen LogP contribution in [-0.4, -0.2) is 25.0 Å². The molecule has 2 N–H and O–H groups in total. The molecular weight excluding hydrogens is 251 g/mol. The fraction of sp³-hybridized carbons (Fsp3) is 0.571. The molecule has 1 aliphatic rings. The van der Waals surface area contributed by atoms with Gasteiger partial charge in [0.15, 0.2) is 0 Å². The molecule has 0 radical (unpaired) electrons. The number of nitrogens with zero attached hydrogens (tertiary/aromatic N) is 1. The second-order valence-electron chi connectivity index (χ2n) is 5.33. The fourth-order valence-electron chi connectivity index (χ4n) is 2.46. The summed E-state index contributed by atoms with van der Waals surface area (Å²) >= 11 is 5.94. The number of benzene rings is 1. The Bertz CT molecular complexity index is 424. The molecule has 0 spiro atoms. The zero-order valence-electron chi connectivity index (χ0n) is 10.9. The van der Waals surface area contributed by atoms with Crippen LogP contribution in [0.3, 0.4) is 0 Å². The lowest BCUT2D eigenvalue weighted by atomic mass is 10.0. The lowest BCUT2D eigenvalue weighted by Gasteiger charge is -2.28. The van der Waals surface area contributed by atoms with E-state index in [0.717, 1.165) is 18.4 Å². The van der Waals surface area contributed by atoms with E-state index in [9.17, 15) is 4.39 Å². The van der Waals surface area contributed by atoms with Crippen LogP contribution < -0.4 is 5.73 Å². The van der Waals surface area contributed by atoms with Gasteiger partial charge in [0, 0.05) is 29.7 Å². The molecule has 1 aliphatic carbocycles. The van der Waals surface area contributed by atoms with Gasteiger partial charge in [0.25, 0.3) is 0 Å². The molecule has 4 heteroatoms. The van der Waals surface area contributed by atoms with Crippen molar-refractivity contribution in [2.24, 2.45) is 17.6 Å². The molecule has 3 unspecified atom stereocenters. The molecule has 100 valence electrons. The molecule has 3 atom stereocenters. The van der Waals surface area contributed by atoms with Gasteiger partial charge in [0.1, 0.15) is 5.82 Å². The van der Waals surface area contributed by atoms with E-state index in [1.165, 1.54) is 12.5 Å². The maximum absolute atomic E-state index is 13.9. The lowest BCUT2D eigenvalue weighted by Crippen LogP contribution is -2.33. The highest BCUT2D eigenvalue weighted by atomic mass is 35.5. The van der Waals surface area contributed by atoms with Crippen LogP contribution in [0.2, 0.25) is 5.02 Å². The summed E-state index contributed by atoms with van der Waals surface area (Å²) in [6.07, 6.45) is 1.26. The molecule has 1 saturated carbocycles. The van der Waals surface area contributed by atoms with Crippen LogP contribution in [0.15, 0.2) is 18.2 Å². The number of hydrogen-bond donors (Lipinski definition) is 1. The number of rotatable bonds is 5. The monoisotopic (exact) mass is 270 g/mol. The Labute approximate surface area is 113 Å². The number of hydrogen-bond acceptors (Lipinski definition) is 2. The molecule has 2 rings (SSSR count). The molecule has 0 bridgehead atoms. The van der Waals surface area contributed by atoms with Crippen molar-refractivity contribution >= 4 is 11.6 Å². The Balaban J connectivity index is 2.13. The second kappa shape index (κ2) is 5.55. The minimum Gasteiger partial charge on any atom is -0.329 e. The Morgan fingerprint density at radius 2 is 2.22 bits per heavy atom. The normalized spacial score (nSPS) is 24.3. The maximum atomic E-state index is 13.9. The van der Waals surface area contributed by atoms with Crippen LogP contribution in [-0.2, 0) is 0 Å². The summed E-state index contributed by atoms with van der Waals surface area (Å²) in [5, 5.41) is 0.554. The molecule has 1 aromatic rings.